The van der Waals surface area contributed by atoms with E-state index >= 15 is 0 Å². The summed E-state index contributed by atoms with van der Waals surface area (Å²) in [6.45, 7) is 5.82. The van der Waals surface area contributed by atoms with Crippen molar-refractivity contribution in [2.45, 2.75) is 26.3 Å². The van der Waals surface area contributed by atoms with Crippen molar-refractivity contribution in [2.24, 2.45) is 0 Å². The summed E-state index contributed by atoms with van der Waals surface area (Å²) < 4.78 is 0. The Bertz CT molecular complexity index is 355. The summed E-state index contributed by atoms with van der Waals surface area (Å²) in [5, 5.41) is 5.58. The Morgan fingerprint density at radius 2 is 2.11 bits per heavy atom. The molecule has 2 N–H and O–H groups in total. The number of amides is 2. The average molecular weight is 250 g/mol. The summed E-state index contributed by atoms with van der Waals surface area (Å²) in [6, 6.07) is 3.87. The summed E-state index contributed by atoms with van der Waals surface area (Å²) >= 11 is 0. The van der Waals surface area contributed by atoms with E-state index < -0.39 is 0 Å². The number of anilines is 1. The average Bonchev–Trinajstić information content (AvgIpc) is 2.38. The number of aromatic nitrogens is 1. The molecule has 1 rings (SSSR count). The third kappa shape index (κ3) is 5.14. The molecule has 100 valence electrons. The van der Waals surface area contributed by atoms with E-state index in [-0.39, 0.29) is 6.03 Å². The van der Waals surface area contributed by atoms with Crippen molar-refractivity contribution >= 4 is 11.7 Å². The van der Waals surface area contributed by atoms with Crippen LogP contribution >= 0.6 is 0 Å². The lowest BCUT2D eigenvalue weighted by molar-refractivity contribution is 0.238. The zero-order valence-corrected chi connectivity index (χ0v) is 11.3. The highest BCUT2D eigenvalue weighted by atomic mass is 16.2. The first-order chi connectivity index (χ1) is 8.63. The largest absolute Gasteiger partial charge is 0.337 e. The molecule has 0 aliphatic carbocycles. The van der Waals surface area contributed by atoms with E-state index in [0.717, 1.165) is 18.7 Å². The molecule has 0 aliphatic rings. The fourth-order valence-corrected chi connectivity index (χ4v) is 1.49. The monoisotopic (exact) mass is 250 g/mol. The number of carbonyl (C=O) groups excluding carboxylic acids is 1. The van der Waals surface area contributed by atoms with Crippen LogP contribution in [0.2, 0.25) is 0 Å². The van der Waals surface area contributed by atoms with Gasteiger partial charge in [0.1, 0.15) is 0 Å². The number of rotatable bonds is 6. The second kappa shape index (κ2) is 7.66. The van der Waals surface area contributed by atoms with Crippen LogP contribution < -0.4 is 10.6 Å². The minimum Gasteiger partial charge on any atom is -0.337 e. The van der Waals surface area contributed by atoms with Gasteiger partial charge >= 0.3 is 6.03 Å². The lowest BCUT2D eigenvalue weighted by atomic mass is 10.2. The minimum atomic E-state index is -0.182. The van der Waals surface area contributed by atoms with Gasteiger partial charge < -0.3 is 15.5 Å². The van der Waals surface area contributed by atoms with Gasteiger partial charge in [-0.2, -0.15) is 0 Å². The lowest BCUT2D eigenvalue weighted by Gasteiger charge is -2.23. The molecule has 0 radical (unpaired) electrons. The predicted octanol–water partition coefficient (Wildman–Crippen LogP) is 1.93. The van der Waals surface area contributed by atoms with E-state index in [1.165, 1.54) is 0 Å². The van der Waals surface area contributed by atoms with Gasteiger partial charge in [0.25, 0.3) is 0 Å². The van der Waals surface area contributed by atoms with Gasteiger partial charge in [0, 0.05) is 37.2 Å². The molecule has 0 aromatic carbocycles. The fraction of sp³-hybridized carbons (Fsp3) is 0.538. The van der Waals surface area contributed by atoms with Crippen LogP contribution in [0.25, 0.3) is 0 Å². The van der Waals surface area contributed by atoms with Crippen molar-refractivity contribution in [2.75, 3.05) is 25.5 Å². The molecule has 2 amide bonds. The zero-order valence-electron chi connectivity index (χ0n) is 11.3. The molecule has 18 heavy (non-hydrogen) atoms. The van der Waals surface area contributed by atoms with Gasteiger partial charge in [0.2, 0.25) is 0 Å². The highest BCUT2D eigenvalue weighted by Crippen LogP contribution is 2.02. The van der Waals surface area contributed by atoms with Crippen LogP contribution in [0.1, 0.15) is 20.3 Å². The van der Waals surface area contributed by atoms with Crippen LogP contribution in [-0.2, 0) is 0 Å². The normalized spacial score (nSPS) is 12.2. The van der Waals surface area contributed by atoms with Gasteiger partial charge in [-0.1, -0.05) is 6.92 Å². The van der Waals surface area contributed by atoms with Gasteiger partial charge in [-0.05, 0) is 32.5 Å². The van der Waals surface area contributed by atoms with Crippen molar-refractivity contribution in [3.8, 4) is 0 Å². The Kier molecular flexibility index (Phi) is 6.14. The van der Waals surface area contributed by atoms with E-state index in [2.05, 4.69) is 41.4 Å². The third-order valence-electron chi connectivity index (χ3n) is 3.03. The summed E-state index contributed by atoms with van der Waals surface area (Å²) in [7, 11) is 2.07. The van der Waals surface area contributed by atoms with E-state index in [0.29, 0.717) is 12.6 Å². The minimum absolute atomic E-state index is 0.182. The highest BCUT2D eigenvalue weighted by molar-refractivity contribution is 5.88. The van der Waals surface area contributed by atoms with E-state index in [1.807, 2.05) is 0 Å². The molecule has 0 unspecified atom stereocenters. The Morgan fingerprint density at radius 3 is 2.72 bits per heavy atom. The second-order valence-electron chi connectivity index (χ2n) is 4.35. The van der Waals surface area contributed by atoms with Crippen molar-refractivity contribution in [3.63, 3.8) is 0 Å². The van der Waals surface area contributed by atoms with Gasteiger partial charge in [0.15, 0.2) is 0 Å². The van der Waals surface area contributed by atoms with Crippen molar-refractivity contribution in [1.29, 1.82) is 0 Å². The molecule has 0 bridgehead atoms. The van der Waals surface area contributed by atoms with Crippen molar-refractivity contribution in [3.05, 3.63) is 24.5 Å². The van der Waals surface area contributed by atoms with Gasteiger partial charge in [-0.15, -0.1) is 0 Å². The first-order valence-electron chi connectivity index (χ1n) is 6.28. The number of nitrogens with one attached hydrogen (secondary N) is 2. The highest BCUT2D eigenvalue weighted by Gasteiger charge is 2.06. The summed E-state index contributed by atoms with van der Waals surface area (Å²) in [5.41, 5.74) is 0.748. The van der Waals surface area contributed by atoms with E-state index in [4.69, 9.17) is 0 Å². The Labute approximate surface area is 109 Å². The van der Waals surface area contributed by atoms with E-state index in [9.17, 15) is 4.79 Å². The number of hydrogen-bond donors (Lipinski definition) is 2. The van der Waals surface area contributed by atoms with Crippen LogP contribution in [0, 0.1) is 0 Å². The molecule has 1 aromatic heterocycles. The van der Waals surface area contributed by atoms with Crippen LogP contribution in [0.3, 0.4) is 0 Å². The molecule has 0 saturated heterocycles. The number of nitrogens with zero attached hydrogens (tertiary/aromatic N) is 2. The maximum Gasteiger partial charge on any atom is 0.319 e. The topological polar surface area (TPSA) is 57.3 Å². The molecule has 0 aliphatic heterocycles. The quantitative estimate of drug-likeness (QED) is 0.811. The molecule has 0 spiro atoms. The summed E-state index contributed by atoms with van der Waals surface area (Å²) in [6.07, 6.45) is 4.40. The Balaban J connectivity index is 2.22. The maximum atomic E-state index is 11.6. The lowest BCUT2D eigenvalue weighted by Crippen LogP contribution is -2.38. The van der Waals surface area contributed by atoms with Crippen LogP contribution in [0.15, 0.2) is 24.5 Å². The number of likely N-dealkylation sites (N-methyl/N-ethyl adjacent to an activating group) is 1. The molecular weight excluding hydrogens is 228 g/mol. The molecule has 5 heteroatoms. The van der Waals surface area contributed by atoms with Crippen LogP contribution in [-0.4, -0.2) is 42.1 Å². The zero-order chi connectivity index (χ0) is 13.4. The number of carbonyl (C=O) groups is 1. The number of pyridine rings is 1. The standard InChI is InChI=1S/C13H22N4O/c1-4-11(2)17(3)10-9-15-13(18)16-12-5-7-14-8-6-12/h5-8,11H,4,9-10H2,1-3H3,(H2,14,15,16,18)/t11-/m0/s1. The van der Waals surface area contributed by atoms with Crippen molar-refractivity contribution < 1.29 is 4.79 Å². The molecular formula is C13H22N4O. The number of hydrogen-bond acceptors (Lipinski definition) is 3. The smallest absolute Gasteiger partial charge is 0.319 e. The molecule has 0 saturated carbocycles. The summed E-state index contributed by atoms with van der Waals surface area (Å²) in [4.78, 5) is 17.7. The fourth-order valence-electron chi connectivity index (χ4n) is 1.49. The van der Waals surface area contributed by atoms with Crippen LogP contribution in [0.5, 0.6) is 0 Å². The first kappa shape index (κ1) is 14.4. The molecule has 0 fully saturated rings. The Morgan fingerprint density at radius 1 is 1.44 bits per heavy atom. The summed E-state index contributed by atoms with van der Waals surface area (Å²) in [5.74, 6) is 0. The first-order valence-corrected chi connectivity index (χ1v) is 6.28. The Hall–Kier alpha value is -1.62. The van der Waals surface area contributed by atoms with Gasteiger partial charge in [0.05, 0.1) is 0 Å². The third-order valence-corrected chi connectivity index (χ3v) is 3.03. The molecule has 1 aromatic rings. The SMILES string of the molecule is CC[C@H](C)N(C)CCNC(=O)Nc1ccncc1. The van der Waals surface area contributed by atoms with E-state index in [1.54, 1.807) is 24.5 Å². The van der Waals surface area contributed by atoms with Crippen LogP contribution in [0.4, 0.5) is 10.5 Å². The molecule has 1 heterocycles. The van der Waals surface area contributed by atoms with Gasteiger partial charge in [-0.25, -0.2) is 4.79 Å². The van der Waals surface area contributed by atoms with Gasteiger partial charge in [-0.3, -0.25) is 4.98 Å². The number of urea groups is 1. The maximum absolute atomic E-state index is 11.6. The second-order valence-corrected chi connectivity index (χ2v) is 4.35. The molecule has 1 atom stereocenters. The van der Waals surface area contributed by atoms with Crippen molar-refractivity contribution in [1.82, 2.24) is 15.2 Å². The predicted molar refractivity (Wildman–Crippen MR) is 73.6 cm³/mol. The molecule has 5 nitrogen and oxygen atoms in total.